The third-order valence-electron chi connectivity index (χ3n) is 3.11. The molecule has 0 bridgehead atoms. The number of anilines is 1. The van der Waals surface area contributed by atoms with Gasteiger partial charge < -0.3 is 15.1 Å². The van der Waals surface area contributed by atoms with Crippen LogP contribution in [0.25, 0.3) is 11.1 Å². The first-order chi connectivity index (χ1) is 9.11. The molecule has 1 fully saturated rings. The van der Waals surface area contributed by atoms with Gasteiger partial charge in [0.25, 0.3) is 0 Å². The molecule has 1 aliphatic rings. The number of aromatic nitrogens is 1. The van der Waals surface area contributed by atoms with Gasteiger partial charge in [-0.2, -0.15) is 0 Å². The van der Waals surface area contributed by atoms with Crippen LogP contribution in [0.2, 0.25) is 0 Å². The molecule has 1 aliphatic heterocycles. The Morgan fingerprint density at radius 2 is 2.37 bits per heavy atom. The molecule has 1 atom stereocenters. The van der Waals surface area contributed by atoms with Crippen LogP contribution < -0.4 is 10.6 Å². The predicted octanol–water partition coefficient (Wildman–Crippen LogP) is 1.21. The van der Waals surface area contributed by atoms with Crippen molar-refractivity contribution in [2.45, 2.75) is 13.3 Å². The molecule has 19 heavy (non-hydrogen) atoms. The fourth-order valence-electron chi connectivity index (χ4n) is 2.16. The molecule has 6 heteroatoms. The largest absolute Gasteiger partial charge is 0.441 e. The van der Waals surface area contributed by atoms with Crippen LogP contribution in [0.4, 0.5) is 5.69 Å². The molecule has 3 rings (SSSR count). The standard InChI is InChI=1S/C13H13N3O3/c1-7-15-10-5-9(2-3-11(10)19-7)16-13(18)8-4-12(17)14-6-8/h2-3,5,8H,4,6H2,1H3,(H,14,17)(H,16,18). The number of hydrogen-bond acceptors (Lipinski definition) is 4. The van der Waals surface area contributed by atoms with E-state index in [-0.39, 0.29) is 24.2 Å². The first kappa shape index (κ1) is 11.7. The van der Waals surface area contributed by atoms with E-state index >= 15 is 0 Å². The average Bonchev–Trinajstić information content (AvgIpc) is 2.93. The summed E-state index contributed by atoms with van der Waals surface area (Å²) in [6, 6.07) is 5.28. The number of fused-ring (bicyclic) bond motifs is 1. The maximum Gasteiger partial charge on any atom is 0.229 e. The van der Waals surface area contributed by atoms with Crippen LogP contribution in [0.15, 0.2) is 22.6 Å². The van der Waals surface area contributed by atoms with Gasteiger partial charge in [0.2, 0.25) is 11.8 Å². The summed E-state index contributed by atoms with van der Waals surface area (Å²) in [4.78, 5) is 27.2. The second-order valence-corrected chi connectivity index (χ2v) is 4.61. The zero-order valence-corrected chi connectivity index (χ0v) is 10.4. The molecular formula is C13H13N3O3. The molecule has 98 valence electrons. The van der Waals surface area contributed by atoms with Crippen molar-refractivity contribution in [3.63, 3.8) is 0 Å². The number of nitrogens with zero attached hydrogens (tertiary/aromatic N) is 1. The van der Waals surface area contributed by atoms with Crippen molar-refractivity contribution in [1.29, 1.82) is 0 Å². The van der Waals surface area contributed by atoms with Crippen molar-refractivity contribution >= 4 is 28.6 Å². The summed E-state index contributed by atoms with van der Waals surface area (Å²) in [5.74, 6) is 0.0481. The van der Waals surface area contributed by atoms with Crippen molar-refractivity contribution in [3.05, 3.63) is 24.1 Å². The molecule has 1 unspecified atom stereocenters. The van der Waals surface area contributed by atoms with E-state index in [1.165, 1.54) is 0 Å². The quantitative estimate of drug-likeness (QED) is 0.849. The highest BCUT2D eigenvalue weighted by Crippen LogP contribution is 2.20. The lowest BCUT2D eigenvalue weighted by Gasteiger charge is -2.08. The highest BCUT2D eigenvalue weighted by atomic mass is 16.3. The molecule has 6 nitrogen and oxygen atoms in total. The maximum atomic E-state index is 12.0. The van der Waals surface area contributed by atoms with Crippen LogP contribution in [0, 0.1) is 12.8 Å². The van der Waals surface area contributed by atoms with E-state index in [0.717, 1.165) is 0 Å². The number of aryl methyl sites for hydroxylation is 1. The van der Waals surface area contributed by atoms with Crippen molar-refractivity contribution in [1.82, 2.24) is 10.3 Å². The van der Waals surface area contributed by atoms with E-state index in [4.69, 9.17) is 4.42 Å². The van der Waals surface area contributed by atoms with Gasteiger partial charge in [0, 0.05) is 25.6 Å². The maximum absolute atomic E-state index is 12.0. The minimum absolute atomic E-state index is 0.0808. The number of nitrogens with one attached hydrogen (secondary N) is 2. The van der Waals surface area contributed by atoms with Crippen LogP contribution in [-0.2, 0) is 9.59 Å². The van der Waals surface area contributed by atoms with E-state index in [1.807, 2.05) is 0 Å². The van der Waals surface area contributed by atoms with Crippen molar-refractivity contribution in [2.75, 3.05) is 11.9 Å². The van der Waals surface area contributed by atoms with Gasteiger partial charge in [-0.15, -0.1) is 0 Å². The molecule has 2 aromatic rings. The van der Waals surface area contributed by atoms with Gasteiger partial charge >= 0.3 is 0 Å². The number of carbonyl (C=O) groups excluding carboxylic acids is 2. The minimum Gasteiger partial charge on any atom is -0.441 e. The first-order valence-corrected chi connectivity index (χ1v) is 6.06. The molecule has 2 N–H and O–H groups in total. The molecule has 0 radical (unpaired) electrons. The Balaban J connectivity index is 1.77. The van der Waals surface area contributed by atoms with Crippen LogP contribution >= 0.6 is 0 Å². The molecule has 0 saturated carbocycles. The molecule has 0 spiro atoms. The van der Waals surface area contributed by atoms with Crippen molar-refractivity contribution < 1.29 is 14.0 Å². The molecule has 1 saturated heterocycles. The summed E-state index contributed by atoms with van der Waals surface area (Å²) < 4.78 is 5.36. The number of rotatable bonds is 2. The average molecular weight is 259 g/mol. The number of amides is 2. The minimum atomic E-state index is -0.303. The number of hydrogen-bond donors (Lipinski definition) is 2. The summed E-state index contributed by atoms with van der Waals surface area (Å²) in [7, 11) is 0. The molecule has 2 heterocycles. The lowest BCUT2D eigenvalue weighted by Crippen LogP contribution is -2.24. The Bertz CT molecular complexity index is 662. The summed E-state index contributed by atoms with van der Waals surface area (Å²) in [5, 5.41) is 5.44. The second-order valence-electron chi connectivity index (χ2n) is 4.61. The van der Waals surface area contributed by atoms with Gasteiger partial charge in [-0.05, 0) is 18.2 Å². The highest BCUT2D eigenvalue weighted by Gasteiger charge is 2.27. The fraction of sp³-hybridized carbons (Fsp3) is 0.308. The fourth-order valence-corrected chi connectivity index (χ4v) is 2.16. The number of oxazole rings is 1. The van der Waals surface area contributed by atoms with Gasteiger partial charge in [0.15, 0.2) is 11.5 Å². The third kappa shape index (κ3) is 2.29. The van der Waals surface area contributed by atoms with E-state index < -0.39 is 0 Å². The molecule has 0 aliphatic carbocycles. The summed E-state index contributed by atoms with van der Waals surface area (Å²) in [6.45, 7) is 2.17. The number of benzene rings is 1. The first-order valence-electron chi connectivity index (χ1n) is 6.06. The lowest BCUT2D eigenvalue weighted by atomic mass is 10.1. The Kier molecular flexibility index (Phi) is 2.70. The SMILES string of the molecule is Cc1nc2cc(NC(=O)C3CNC(=O)C3)ccc2o1. The Labute approximate surface area is 109 Å². The molecule has 1 aromatic carbocycles. The third-order valence-corrected chi connectivity index (χ3v) is 3.11. The number of carbonyl (C=O) groups is 2. The molecule has 2 amide bonds. The molecular weight excluding hydrogens is 246 g/mol. The van der Waals surface area contributed by atoms with Gasteiger partial charge in [0.05, 0.1) is 5.92 Å². The smallest absolute Gasteiger partial charge is 0.229 e. The van der Waals surface area contributed by atoms with Crippen LogP contribution in [0.5, 0.6) is 0 Å². The van der Waals surface area contributed by atoms with E-state index in [9.17, 15) is 9.59 Å². The Morgan fingerprint density at radius 1 is 1.53 bits per heavy atom. The van der Waals surface area contributed by atoms with Gasteiger partial charge in [-0.1, -0.05) is 0 Å². The van der Waals surface area contributed by atoms with Crippen LogP contribution in [0.1, 0.15) is 12.3 Å². The van der Waals surface area contributed by atoms with Gasteiger partial charge in [0.1, 0.15) is 5.52 Å². The van der Waals surface area contributed by atoms with E-state index in [1.54, 1.807) is 25.1 Å². The van der Waals surface area contributed by atoms with Crippen molar-refractivity contribution in [2.24, 2.45) is 5.92 Å². The summed E-state index contributed by atoms with van der Waals surface area (Å²) in [6.07, 6.45) is 0.247. The van der Waals surface area contributed by atoms with E-state index in [0.29, 0.717) is 29.2 Å². The topological polar surface area (TPSA) is 84.2 Å². The van der Waals surface area contributed by atoms with Crippen LogP contribution in [0.3, 0.4) is 0 Å². The van der Waals surface area contributed by atoms with Crippen LogP contribution in [-0.4, -0.2) is 23.3 Å². The Hall–Kier alpha value is -2.37. The summed E-state index contributed by atoms with van der Waals surface area (Å²) >= 11 is 0. The Morgan fingerprint density at radius 3 is 3.11 bits per heavy atom. The van der Waals surface area contributed by atoms with Gasteiger partial charge in [-0.3, -0.25) is 9.59 Å². The summed E-state index contributed by atoms with van der Waals surface area (Å²) in [5.41, 5.74) is 2.05. The molecule has 1 aromatic heterocycles. The van der Waals surface area contributed by atoms with Crippen molar-refractivity contribution in [3.8, 4) is 0 Å². The lowest BCUT2D eigenvalue weighted by molar-refractivity contribution is -0.123. The van der Waals surface area contributed by atoms with E-state index in [2.05, 4.69) is 15.6 Å². The van der Waals surface area contributed by atoms with Gasteiger partial charge in [-0.25, -0.2) is 4.98 Å². The highest BCUT2D eigenvalue weighted by molar-refractivity contribution is 5.98. The normalized spacial score (nSPS) is 18.6. The zero-order valence-electron chi connectivity index (χ0n) is 10.4. The monoisotopic (exact) mass is 259 g/mol. The predicted molar refractivity (Wildman–Crippen MR) is 68.5 cm³/mol. The zero-order chi connectivity index (χ0) is 13.4. The second kappa shape index (κ2) is 4.38.